The van der Waals surface area contributed by atoms with Crippen molar-refractivity contribution in [1.29, 1.82) is 0 Å². The molecule has 0 spiro atoms. The van der Waals surface area contributed by atoms with Crippen LogP contribution in [0.4, 0.5) is 0 Å². The van der Waals surface area contributed by atoms with Gasteiger partial charge in [-0.2, -0.15) is 5.10 Å². The zero-order chi connectivity index (χ0) is 12.3. The van der Waals surface area contributed by atoms with Gasteiger partial charge in [0.15, 0.2) is 0 Å². The lowest BCUT2D eigenvalue weighted by atomic mass is 10.4. The van der Waals surface area contributed by atoms with Crippen LogP contribution in [0.25, 0.3) is 0 Å². The Morgan fingerprint density at radius 3 is 3.00 bits per heavy atom. The third-order valence-electron chi connectivity index (χ3n) is 2.31. The fourth-order valence-electron chi connectivity index (χ4n) is 1.54. The molecule has 0 amide bonds. The van der Waals surface area contributed by atoms with E-state index in [9.17, 15) is 4.79 Å². The standard InChI is InChI=1S/C10H15N5OS/c1-7(2)15-9(12-6-13-15)4-11-3-8-5-17-10(16)14-8/h5-7,11H,3-4H2,1-2H3,(H,14,16). The van der Waals surface area contributed by atoms with Crippen molar-refractivity contribution in [2.45, 2.75) is 33.0 Å². The molecule has 6 nitrogen and oxygen atoms in total. The van der Waals surface area contributed by atoms with Crippen LogP contribution in [0.3, 0.4) is 0 Å². The highest BCUT2D eigenvalue weighted by molar-refractivity contribution is 7.07. The van der Waals surface area contributed by atoms with Crippen molar-refractivity contribution in [2.75, 3.05) is 0 Å². The second kappa shape index (κ2) is 5.24. The Balaban J connectivity index is 1.90. The lowest BCUT2D eigenvalue weighted by molar-refractivity contribution is 0.489. The van der Waals surface area contributed by atoms with Crippen molar-refractivity contribution < 1.29 is 0 Å². The van der Waals surface area contributed by atoms with Crippen LogP contribution in [0.5, 0.6) is 0 Å². The molecule has 92 valence electrons. The summed E-state index contributed by atoms with van der Waals surface area (Å²) in [6.45, 7) is 5.39. The van der Waals surface area contributed by atoms with E-state index in [-0.39, 0.29) is 4.87 Å². The Kier molecular flexibility index (Phi) is 3.70. The first kappa shape index (κ1) is 12.0. The summed E-state index contributed by atoms with van der Waals surface area (Å²) < 4.78 is 1.88. The number of nitrogens with one attached hydrogen (secondary N) is 2. The third-order valence-corrected chi connectivity index (χ3v) is 3.02. The van der Waals surface area contributed by atoms with Crippen LogP contribution in [-0.2, 0) is 13.1 Å². The Labute approximate surface area is 103 Å². The van der Waals surface area contributed by atoms with Crippen molar-refractivity contribution in [1.82, 2.24) is 25.1 Å². The van der Waals surface area contributed by atoms with Crippen LogP contribution < -0.4 is 10.2 Å². The van der Waals surface area contributed by atoms with Gasteiger partial charge in [0, 0.05) is 23.7 Å². The largest absolute Gasteiger partial charge is 0.315 e. The fourth-order valence-corrected chi connectivity index (χ4v) is 2.12. The molecule has 0 radical (unpaired) electrons. The van der Waals surface area contributed by atoms with Gasteiger partial charge >= 0.3 is 4.87 Å². The van der Waals surface area contributed by atoms with E-state index in [1.54, 1.807) is 6.33 Å². The van der Waals surface area contributed by atoms with Gasteiger partial charge in [-0.1, -0.05) is 11.3 Å². The molecule has 2 aromatic heterocycles. The van der Waals surface area contributed by atoms with E-state index >= 15 is 0 Å². The van der Waals surface area contributed by atoms with Crippen LogP contribution >= 0.6 is 11.3 Å². The summed E-state index contributed by atoms with van der Waals surface area (Å²) >= 11 is 1.18. The van der Waals surface area contributed by atoms with E-state index in [4.69, 9.17) is 0 Å². The first-order valence-electron chi connectivity index (χ1n) is 5.42. The number of nitrogens with zero attached hydrogens (tertiary/aromatic N) is 3. The van der Waals surface area contributed by atoms with Gasteiger partial charge in [-0.25, -0.2) is 9.67 Å². The minimum atomic E-state index is -0.0212. The molecule has 7 heteroatoms. The van der Waals surface area contributed by atoms with Crippen LogP contribution in [0.1, 0.15) is 31.4 Å². The van der Waals surface area contributed by atoms with Gasteiger partial charge in [0.2, 0.25) is 0 Å². The summed E-state index contributed by atoms with van der Waals surface area (Å²) in [6.07, 6.45) is 1.56. The Bertz CT molecular complexity index is 527. The number of thiazole rings is 1. The lowest BCUT2D eigenvalue weighted by Crippen LogP contribution is -2.18. The number of hydrogen-bond acceptors (Lipinski definition) is 5. The Hall–Kier alpha value is -1.47. The van der Waals surface area contributed by atoms with Gasteiger partial charge in [0.1, 0.15) is 12.2 Å². The van der Waals surface area contributed by atoms with Crippen LogP contribution in [-0.4, -0.2) is 19.7 Å². The number of H-pyrrole nitrogens is 1. The minimum Gasteiger partial charge on any atom is -0.315 e. The van der Waals surface area contributed by atoms with E-state index in [1.165, 1.54) is 11.3 Å². The monoisotopic (exact) mass is 253 g/mol. The van der Waals surface area contributed by atoms with Crippen molar-refractivity contribution in [2.24, 2.45) is 0 Å². The first-order chi connectivity index (χ1) is 8.16. The zero-order valence-electron chi connectivity index (χ0n) is 9.80. The van der Waals surface area contributed by atoms with Gasteiger partial charge in [0.05, 0.1) is 6.54 Å². The summed E-state index contributed by atoms with van der Waals surface area (Å²) in [7, 11) is 0. The number of aromatic amines is 1. The highest BCUT2D eigenvalue weighted by atomic mass is 32.1. The van der Waals surface area contributed by atoms with Gasteiger partial charge in [-0.05, 0) is 13.8 Å². The second-order valence-corrected chi connectivity index (χ2v) is 4.83. The molecule has 2 heterocycles. The predicted molar refractivity (Wildman–Crippen MR) is 65.9 cm³/mol. The predicted octanol–water partition coefficient (Wildman–Crippen LogP) is 0.899. The van der Waals surface area contributed by atoms with Crippen LogP contribution in [0, 0.1) is 0 Å². The van der Waals surface area contributed by atoms with Gasteiger partial charge in [-0.15, -0.1) is 0 Å². The summed E-state index contributed by atoms with van der Waals surface area (Å²) in [5.74, 6) is 0.901. The summed E-state index contributed by atoms with van der Waals surface area (Å²) in [5.41, 5.74) is 0.899. The molecule has 2 rings (SSSR count). The van der Waals surface area contributed by atoms with Crippen molar-refractivity contribution in [3.8, 4) is 0 Å². The second-order valence-electron chi connectivity index (χ2n) is 3.99. The minimum absolute atomic E-state index is 0.0212. The summed E-state index contributed by atoms with van der Waals surface area (Å²) in [5, 5.41) is 9.20. The average molecular weight is 253 g/mol. The highest BCUT2D eigenvalue weighted by Gasteiger charge is 2.06. The van der Waals surface area contributed by atoms with E-state index in [0.717, 1.165) is 11.5 Å². The molecule has 0 atom stereocenters. The van der Waals surface area contributed by atoms with Crippen LogP contribution in [0.15, 0.2) is 16.5 Å². The average Bonchev–Trinajstić information content (AvgIpc) is 2.87. The van der Waals surface area contributed by atoms with E-state index in [2.05, 4.69) is 34.2 Å². The van der Waals surface area contributed by atoms with Gasteiger partial charge in [0.25, 0.3) is 0 Å². The topological polar surface area (TPSA) is 75.6 Å². The molecule has 0 unspecified atom stereocenters. The SMILES string of the molecule is CC(C)n1ncnc1CNCc1csc(=O)[nH]1. The maximum atomic E-state index is 10.9. The third kappa shape index (κ3) is 3.01. The maximum Gasteiger partial charge on any atom is 0.304 e. The molecule has 2 N–H and O–H groups in total. The zero-order valence-corrected chi connectivity index (χ0v) is 10.6. The smallest absolute Gasteiger partial charge is 0.304 e. The van der Waals surface area contributed by atoms with Crippen LogP contribution in [0.2, 0.25) is 0 Å². The maximum absolute atomic E-state index is 10.9. The molecule has 2 aromatic rings. The molecule has 0 fully saturated rings. The lowest BCUT2D eigenvalue weighted by Gasteiger charge is -2.09. The molecule has 0 saturated carbocycles. The Morgan fingerprint density at radius 2 is 2.35 bits per heavy atom. The van der Waals surface area contributed by atoms with Crippen molar-refractivity contribution in [3.05, 3.63) is 32.9 Å². The molecule has 0 aliphatic heterocycles. The van der Waals surface area contributed by atoms with E-state index in [1.807, 2.05) is 10.1 Å². The summed E-state index contributed by atoms with van der Waals surface area (Å²) in [6, 6.07) is 0.301. The quantitative estimate of drug-likeness (QED) is 0.830. The Morgan fingerprint density at radius 1 is 1.53 bits per heavy atom. The summed E-state index contributed by atoms with van der Waals surface area (Å²) in [4.78, 5) is 17.9. The van der Waals surface area contributed by atoms with Gasteiger partial charge in [-0.3, -0.25) is 4.79 Å². The number of hydrogen-bond donors (Lipinski definition) is 2. The normalized spacial score (nSPS) is 11.2. The molecule has 0 aliphatic carbocycles. The number of rotatable bonds is 5. The molecule has 0 aliphatic rings. The highest BCUT2D eigenvalue weighted by Crippen LogP contribution is 2.05. The van der Waals surface area contributed by atoms with E-state index in [0.29, 0.717) is 19.1 Å². The molecule has 0 bridgehead atoms. The van der Waals surface area contributed by atoms with E-state index < -0.39 is 0 Å². The fraction of sp³-hybridized carbons (Fsp3) is 0.500. The first-order valence-corrected chi connectivity index (χ1v) is 6.30. The molecule has 0 saturated heterocycles. The number of aromatic nitrogens is 4. The van der Waals surface area contributed by atoms with Crippen molar-refractivity contribution in [3.63, 3.8) is 0 Å². The molecule has 0 aromatic carbocycles. The van der Waals surface area contributed by atoms with Gasteiger partial charge < -0.3 is 10.3 Å². The molecule has 17 heavy (non-hydrogen) atoms. The van der Waals surface area contributed by atoms with Crippen molar-refractivity contribution >= 4 is 11.3 Å². The molecular weight excluding hydrogens is 238 g/mol. The molecular formula is C10H15N5OS.